The Morgan fingerprint density at radius 1 is 0.875 bits per heavy atom. The fraction of sp³-hybridized carbons (Fsp3) is 0.250. The molecule has 0 aliphatic carbocycles. The van der Waals surface area contributed by atoms with Gasteiger partial charge < -0.3 is 9.64 Å². The van der Waals surface area contributed by atoms with Crippen molar-refractivity contribution in [2.24, 2.45) is 0 Å². The lowest BCUT2D eigenvalue weighted by molar-refractivity contribution is 0.0601. The van der Waals surface area contributed by atoms with Crippen molar-refractivity contribution in [3.05, 3.63) is 66.5 Å². The molecular weight excluding hydrogens is 422 g/mol. The van der Waals surface area contributed by atoms with Crippen LogP contribution in [0, 0.1) is 0 Å². The minimum absolute atomic E-state index is 0.356. The van der Waals surface area contributed by atoms with Crippen molar-refractivity contribution >= 4 is 23.0 Å². The zero-order valence-corrected chi connectivity index (χ0v) is 18.6. The highest BCUT2D eigenvalue weighted by Crippen LogP contribution is 2.30. The van der Waals surface area contributed by atoms with Gasteiger partial charge in [-0.1, -0.05) is 23.5 Å². The number of benzene rings is 2. The molecule has 3 heterocycles. The molecule has 5 rings (SSSR count). The molecule has 2 aromatic heterocycles. The van der Waals surface area contributed by atoms with Gasteiger partial charge in [0.05, 0.1) is 30.1 Å². The van der Waals surface area contributed by atoms with Crippen LogP contribution in [-0.2, 0) is 4.74 Å². The Morgan fingerprint density at radius 3 is 2.22 bits per heavy atom. The highest BCUT2D eigenvalue weighted by Gasteiger charge is 2.14. The van der Waals surface area contributed by atoms with Crippen LogP contribution >= 0.6 is 11.3 Å². The first kappa shape index (κ1) is 20.4. The van der Waals surface area contributed by atoms with Crippen molar-refractivity contribution < 1.29 is 9.53 Å². The van der Waals surface area contributed by atoms with E-state index in [2.05, 4.69) is 44.5 Å². The van der Waals surface area contributed by atoms with Crippen LogP contribution in [-0.4, -0.2) is 46.1 Å². The van der Waals surface area contributed by atoms with E-state index in [-0.39, 0.29) is 5.97 Å². The molecule has 32 heavy (non-hydrogen) atoms. The fourth-order valence-electron chi connectivity index (χ4n) is 3.87. The van der Waals surface area contributed by atoms with E-state index in [4.69, 9.17) is 4.74 Å². The van der Waals surface area contributed by atoms with Gasteiger partial charge in [-0.25, -0.2) is 9.48 Å². The number of anilines is 1. The maximum atomic E-state index is 11.6. The smallest absolute Gasteiger partial charge is 0.337 e. The van der Waals surface area contributed by atoms with Crippen molar-refractivity contribution in [3.63, 3.8) is 0 Å². The molecule has 1 aliphatic rings. The van der Waals surface area contributed by atoms with Gasteiger partial charge >= 0.3 is 5.97 Å². The van der Waals surface area contributed by atoms with Crippen molar-refractivity contribution in [2.75, 3.05) is 25.1 Å². The first-order valence-electron chi connectivity index (χ1n) is 10.6. The van der Waals surface area contributed by atoms with E-state index in [1.165, 1.54) is 43.4 Å². The Balaban J connectivity index is 1.32. The standard InChI is InChI=1S/C24H23N5O2S/c1-31-24(30)18-7-5-17(6-8-18)22-26-27-23(32-22)19-15-25-29(16-19)21-11-9-20(10-12-21)28-13-3-2-4-14-28/h5-12,15-16H,2-4,13-14H2,1H3. The number of aromatic nitrogens is 4. The Morgan fingerprint density at radius 2 is 1.53 bits per heavy atom. The van der Waals surface area contributed by atoms with Gasteiger partial charge in [-0.2, -0.15) is 5.10 Å². The SMILES string of the molecule is COC(=O)c1ccc(-c2nnc(-c3cnn(-c4ccc(N5CCCCC5)cc4)c3)s2)cc1. The monoisotopic (exact) mass is 445 g/mol. The number of hydrogen-bond donors (Lipinski definition) is 0. The van der Waals surface area contributed by atoms with Gasteiger partial charge in [0.25, 0.3) is 0 Å². The third kappa shape index (κ3) is 4.13. The van der Waals surface area contributed by atoms with Crippen LogP contribution in [0.15, 0.2) is 60.9 Å². The molecule has 1 fully saturated rings. The summed E-state index contributed by atoms with van der Waals surface area (Å²) in [5, 5.41) is 14.8. The minimum Gasteiger partial charge on any atom is -0.465 e. The Bertz CT molecular complexity index is 1210. The molecule has 0 spiro atoms. The van der Waals surface area contributed by atoms with Gasteiger partial charge in [0.15, 0.2) is 5.01 Å². The van der Waals surface area contributed by atoms with Crippen molar-refractivity contribution in [2.45, 2.75) is 19.3 Å². The molecule has 0 radical (unpaired) electrons. The van der Waals surface area contributed by atoms with Gasteiger partial charge in [0.2, 0.25) is 0 Å². The molecule has 0 saturated carbocycles. The average molecular weight is 446 g/mol. The lowest BCUT2D eigenvalue weighted by Crippen LogP contribution is -2.29. The summed E-state index contributed by atoms with van der Waals surface area (Å²) >= 11 is 1.49. The Kier molecular flexibility index (Phi) is 5.68. The third-order valence-electron chi connectivity index (χ3n) is 5.64. The molecule has 8 heteroatoms. The highest BCUT2D eigenvalue weighted by atomic mass is 32.1. The summed E-state index contributed by atoms with van der Waals surface area (Å²) in [4.78, 5) is 14.1. The predicted octanol–water partition coefficient (Wildman–Crippen LogP) is 4.83. The van der Waals surface area contributed by atoms with Crippen LogP contribution in [0.25, 0.3) is 26.8 Å². The van der Waals surface area contributed by atoms with Gasteiger partial charge in [-0.05, 0) is 55.7 Å². The van der Waals surface area contributed by atoms with Crippen LogP contribution in [0.1, 0.15) is 29.6 Å². The second kappa shape index (κ2) is 8.92. The number of esters is 1. The Hall–Kier alpha value is -3.52. The van der Waals surface area contributed by atoms with Crippen LogP contribution in [0.2, 0.25) is 0 Å². The highest BCUT2D eigenvalue weighted by molar-refractivity contribution is 7.17. The normalized spacial score (nSPS) is 13.8. The molecule has 162 valence electrons. The second-order valence-electron chi connectivity index (χ2n) is 7.72. The molecule has 0 N–H and O–H groups in total. The van der Waals surface area contributed by atoms with E-state index in [9.17, 15) is 4.79 Å². The van der Waals surface area contributed by atoms with E-state index in [0.29, 0.717) is 5.56 Å². The zero-order chi connectivity index (χ0) is 21.9. The van der Waals surface area contributed by atoms with E-state index in [0.717, 1.165) is 39.9 Å². The number of nitrogens with zero attached hydrogens (tertiary/aromatic N) is 5. The zero-order valence-electron chi connectivity index (χ0n) is 17.8. The molecular formula is C24H23N5O2S. The first-order valence-corrected chi connectivity index (χ1v) is 11.5. The molecule has 4 aromatic rings. The molecule has 0 unspecified atom stereocenters. The number of methoxy groups -OCH3 is 1. The van der Waals surface area contributed by atoms with E-state index < -0.39 is 0 Å². The summed E-state index contributed by atoms with van der Waals surface area (Å²) in [6.07, 6.45) is 7.65. The number of piperidine rings is 1. The first-order chi connectivity index (χ1) is 15.7. The molecule has 7 nitrogen and oxygen atoms in total. The number of carbonyl (C=O) groups is 1. The van der Waals surface area contributed by atoms with Gasteiger partial charge in [0.1, 0.15) is 5.01 Å². The summed E-state index contributed by atoms with van der Waals surface area (Å²) in [6.45, 7) is 2.27. The van der Waals surface area contributed by atoms with Crippen molar-refractivity contribution in [1.82, 2.24) is 20.0 Å². The Labute approximate surface area is 190 Å². The summed E-state index contributed by atoms with van der Waals surface area (Å²) in [7, 11) is 1.37. The van der Waals surface area contributed by atoms with Gasteiger partial charge in [-0.3, -0.25) is 0 Å². The largest absolute Gasteiger partial charge is 0.465 e. The summed E-state index contributed by atoms with van der Waals surface area (Å²) in [5.74, 6) is -0.356. The molecule has 0 bridgehead atoms. The van der Waals surface area contributed by atoms with Crippen LogP contribution in [0.5, 0.6) is 0 Å². The maximum Gasteiger partial charge on any atom is 0.337 e. The lowest BCUT2D eigenvalue weighted by Gasteiger charge is -2.28. The van der Waals surface area contributed by atoms with E-state index >= 15 is 0 Å². The fourth-order valence-corrected chi connectivity index (χ4v) is 4.69. The molecule has 0 atom stereocenters. The predicted molar refractivity (Wildman–Crippen MR) is 125 cm³/mol. The van der Waals surface area contributed by atoms with Crippen LogP contribution < -0.4 is 4.90 Å². The summed E-state index contributed by atoms with van der Waals surface area (Å²) < 4.78 is 6.61. The van der Waals surface area contributed by atoms with Crippen LogP contribution in [0.4, 0.5) is 5.69 Å². The van der Waals surface area contributed by atoms with Crippen molar-refractivity contribution in [1.29, 1.82) is 0 Å². The minimum atomic E-state index is -0.356. The quantitative estimate of drug-likeness (QED) is 0.410. The third-order valence-corrected chi connectivity index (χ3v) is 6.66. The molecule has 1 aliphatic heterocycles. The number of hydrogen-bond acceptors (Lipinski definition) is 7. The number of ether oxygens (including phenoxy) is 1. The van der Waals surface area contributed by atoms with Gasteiger partial charge in [-0.15, -0.1) is 10.2 Å². The van der Waals surface area contributed by atoms with Gasteiger partial charge in [0, 0.05) is 30.5 Å². The lowest BCUT2D eigenvalue weighted by atomic mass is 10.1. The maximum absolute atomic E-state index is 11.6. The number of carbonyl (C=O) groups excluding carboxylic acids is 1. The molecule has 2 aromatic carbocycles. The van der Waals surface area contributed by atoms with Crippen molar-refractivity contribution in [3.8, 4) is 26.8 Å². The average Bonchev–Trinajstić information content (AvgIpc) is 3.55. The van der Waals surface area contributed by atoms with Crippen LogP contribution in [0.3, 0.4) is 0 Å². The summed E-state index contributed by atoms with van der Waals surface area (Å²) in [6, 6.07) is 15.7. The van der Waals surface area contributed by atoms with E-state index in [1.54, 1.807) is 12.1 Å². The molecule has 0 amide bonds. The number of rotatable bonds is 5. The topological polar surface area (TPSA) is 73.1 Å². The molecule has 1 saturated heterocycles. The second-order valence-corrected chi connectivity index (χ2v) is 8.70. The van der Waals surface area contributed by atoms with E-state index in [1.807, 2.05) is 29.2 Å². The summed E-state index contributed by atoms with van der Waals surface area (Å²) in [5.41, 5.74) is 4.61.